The smallest absolute Gasteiger partial charge is 0.154 e. The summed E-state index contributed by atoms with van der Waals surface area (Å²) in [7, 11) is -1.31. The third kappa shape index (κ3) is 2.03. The minimum atomic E-state index is -1.31. The average Bonchev–Trinajstić information content (AvgIpc) is 1.86. The minimum absolute atomic E-state index is 0.412. The van der Waals surface area contributed by atoms with Crippen LogP contribution in [-0.2, 0) is 4.79 Å². The van der Waals surface area contributed by atoms with Gasteiger partial charge in [0.15, 0.2) is 5.78 Å². The van der Waals surface area contributed by atoms with Crippen molar-refractivity contribution < 1.29 is 4.79 Å². The van der Waals surface area contributed by atoms with Crippen LogP contribution < -0.4 is 0 Å². The van der Waals surface area contributed by atoms with Gasteiger partial charge in [0.05, 0.1) is 8.07 Å². The molecule has 0 N–H and O–H groups in total. The van der Waals surface area contributed by atoms with Crippen LogP contribution in [0.5, 0.6) is 0 Å². The molecule has 1 nitrogen and oxygen atoms in total. The largest absolute Gasteiger partial charge is 0.295 e. The van der Waals surface area contributed by atoms with Crippen LogP contribution in [0.1, 0.15) is 19.3 Å². The fourth-order valence-corrected chi connectivity index (χ4v) is 3.20. The molecule has 11 heavy (non-hydrogen) atoms. The normalized spacial score (nSPS) is 19.9. The Bertz CT molecular complexity index is 198. The van der Waals surface area contributed by atoms with Gasteiger partial charge in [-0.3, -0.25) is 4.79 Å². The van der Waals surface area contributed by atoms with Crippen molar-refractivity contribution in [2.24, 2.45) is 0 Å². The van der Waals surface area contributed by atoms with E-state index in [1.165, 1.54) is 5.20 Å². The topological polar surface area (TPSA) is 17.1 Å². The van der Waals surface area contributed by atoms with Gasteiger partial charge in [-0.1, -0.05) is 25.7 Å². The summed E-state index contributed by atoms with van der Waals surface area (Å²) in [6.45, 7) is 6.71. The van der Waals surface area contributed by atoms with Gasteiger partial charge >= 0.3 is 0 Å². The van der Waals surface area contributed by atoms with Crippen molar-refractivity contribution in [3.63, 3.8) is 0 Å². The minimum Gasteiger partial charge on any atom is -0.295 e. The first kappa shape index (κ1) is 8.72. The van der Waals surface area contributed by atoms with E-state index in [0.717, 1.165) is 19.3 Å². The Morgan fingerprint density at radius 3 is 2.36 bits per heavy atom. The molecule has 0 fully saturated rings. The van der Waals surface area contributed by atoms with E-state index in [1.54, 1.807) is 0 Å². The molecule has 0 spiro atoms. The lowest BCUT2D eigenvalue weighted by Crippen LogP contribution is -2.30. The zero-order chi connectivity index (χ0) is 8.48. The van der Waals surface area contributed by atoms with Gasteiger partial charge in [-0.05, 0) is 18.0 Å². The highest BCUT2D eigenvalue weighted by atomic mass is 28.3. The maximum Gasteiger partial charge on any atom is 0.154 e. The molecule has 0 aromatic rings. The van der Waals surface area contributed by atoms with Gasteiger partial charge in [-0.15, -0.1) is 0 Å². The highest BCUT2D eigenvalue weighted by Crippen LogP contribution is 2.22. The van der Waals surface area contributed by atoms with E-state index in [9.17, 15) is 4.79 Å². The van der Waals surface area contributed by atoms with Gasteiger partial charge in [0.25, 0.3) is 0 Å². The Morgan fingerprint density at radius 2 is 2.00 bits per heavy atom. The first-order chi connectivity index (χ1) is 5.02. The molecule has 0 saturated heterocycles. The number of rotatable bonds is 1. The predicted molar refractivity (Wildman–Crippen MR) is 50.3 cm³/mol. The van der Waals surface area contributed by atoms with E-state index >= 15 is 0 Å². The van der Waals surface area contributed by atoms with Crippen LogP contribution in [0.15, 0.2) is 11.3 Å². The number of Topliss-reactive ketones (excluding diaryl/α,β-unsaturated/α-hetero) is 1. The van der Waals surface area contributed by atoms with Gasteiger partial charge in [0.2, 0.25) is 0 Å². The molecule has 1 aliphatic rings. The van der Waals surface area contributed by atoms with E-state index in [1.807, 2.05) is 0 Å². The van der Waals surface area contributed by atoms with Crippen molar-refractivity contribution in [1.29, 1.82) is 0 Å². The Kier molecular flexibility index (Phi) is 2.33. The summed E-state index contributed by atoms with van der Waals surface area (Å²) in [6, 6.07) is 0. The standard InChI is InChI=1S/C9H16OSi/c1-11(2,3)9-7-5-4-6-8(9)10/h7H,4-6H2,1-3H3. The average molecular weight is 168 g/mol. The van der Waals surface area contributed by atoms with Crippen LogP contribution >= 0.6 is 0 Å². The Balaban J connectivity index is 2.85. The molecular formula is C9H16OSi. The van der Waals surface area contributed by atoms with Crippen LogP contribution in [-0.4, -0.2) is 13.9 Å². The Labute approximate surface area is 69.5 Å². The van der Waals surface area contributed by atoms with Gasteiger partial charge in [0, 0.05) is 6.42 Å². The van der Waals surface area contributed by atoms with Crippen LogP contribution in [0.4, 0.5) is 0 Å². The molecule has 0 unspecified atom stereocenters. The molecular weight excluding hydrogens is 152 g/mol. The predicted octanol–water partition coefficient (Wildman–Crippen LogP) is 2.54. The maximum atomic E-state index is 11.4. The zero-order valence-electron chi connectivity index (χ0n) is 7.61. The monoisotopic (exact) mass is 168 g/mol. The molecule has 1 rings (SSSR count). The van der Waals surface area contributed by atoms with Crippen molar-refractivity contribution in [3.8, 4) is 0 Å². The number of carbonyl (C=O) groups is 1. The second-order valence-corrected chi connectivity index (χ2v) is 9.22. The first-order valence-corrected chi connectivity index (χ1v) is 7.75. The lowest BCUT2D eigenvalue weighted by molar-refractivity contribution is -0.115. The fourth-order valence-electron chi connectivity index (χ4n) is 1.48. The third-order valence-corrected chi connectivity index (χ3v) is 4.16. The summed E-state index contributed by atoms with van der Waals surface area (Å²) >= 11 is 0. The first-order valence-electron chi connectivity index (χ1n) is 4.25. The molecule has 62 valence electrons. The van der Waals surface area contributed by atoms with Crippen molar-refractivity contribution in [3.05, 3.63) is 11.3 Å². The van der Waals surface area contributed by atoms with Crippen LogP contribution in [0.25, 0.3) is 0 Å². The number of ketones is 1. The van der Waals surface area contributed by atoms with Gasteiger partial charge in [0.1, 0.15) is 0 Å². The molecule has 0 aromatic heterocycles. The van der Waals surface area contributed by atoms with Crippen molar-refractivity contribution in [2.45, 2.75) is 38.9 Å². The van der Waals surface area contributed by atoms with E-state index in [-0.39, 0.29) is 0 Å². The Hall–Kier alpha value is -0.373. The highest BCUT2D eigenvalue weighted by molar-refractivity contribution is 6.87. The lowest BCUT2D eigenvalue weighted by Gasteiger charge is -2.22. The van der Waals surface area contributed by atoms with Gasteiger partial charge in [-0.2, -0.15) is 0 Å². The van der Waals surface area contributed by atoms with Gasteiger partial charge in [-0.25, -0.2) is 0 Å². The SMILES string of the molecule is C[Si](C)(C)C1=CCCCC1=O. The van der Waals surface area contributed by atoms with E-state index in [4.69, 9.17) is 0 Å². The van der Waals surface area contributed by atoms with E-state index in [2.05, 4.69) is 25.7 Å². The van der Waals surface area contributed by atoms with Crippen molar-refractivity contribution in [2.75, 3.05) is 0 Å². The summed E-state index contributed by atoms with van der Waals surface area (Å²) in [5, 5.41) is 1.17. The zero-order valence-corrected chi connectivity index (χ0v) is 8.61. The highest BCUT2D eigenvalue weighted by Gasteiger charge is 2.26. The molecule has 1 aliphatic carbocycles. The molecule has 0 aromatic carbocycles. The summed E-state index contributed by atoms with van der Waals surface area (Å²) in [5.41, 5.74) is 0. The van der Waals surface area contributed by atoms with E-state index in [0.29, 0.717) is 5.78 Å². The number of allylic oxidation sites excluding steroid dienone is 2. The summed E-state index contributed by atoms with van der Waals surface area (Å²) in [6.07, 6.45) is 5.13. The molecule has 0 amide bonds. The molecule has 0 bridgehead atoms. The molecule has 0 atom stereocenters. The second kappa shape index (κ2) is 2.93. The third-order valence-electron chi connectivity index (χ3n) is 2.06. The molecule has 2 heteroatoms. The van der Waals surface area contributed by atoms with Crippen LogP contribution in [0.3, 0.4) is 0 Å². The van der Waals surface area contributed by atoms with Crippen molar-refractivity contribution in [1.82, 2.24) is 0 Å². The Morgan fingerprint density at radius 1 is 1.36 bits per heavy atom. The molecule has 0 saturated carbocycles. The van der Waals surface area contributed by atoms with E-state index < -0.39 is 8.07 Å². The maximum absolute atomic E-state index is 11.4. The van der Waals surface area contributed by atoms with Crippen molar-refractivity contribution >= 4 is 13.9 Å². The van der Waals surface area contributed by atoms with Crippen LogP contribution in [0, 0.1) is 0 Å². The quantitative estimate of drug-likeness (QED) is 0.550. The summed E-state index contributed by atoms with van der Waals surface area (Å²) < 4.78 is 0. The number of carbonyl (C=O) groups excluding carboxylic acids is 1. The number of hydrogen-bond acceptors (Lipinski definition) is 1. The summed E-state index contributed by atoms with van der Waals surface area (Å²) in [5.74, 6) is 0.412. The molecule has 0 radical (unpaired) electrons. The molecule has 0 aliphatic heterocycles. The fraction of sp³-hybridized carbons (Fsp3) is 0.667. The summed E-state index contributed by atoms with van der Waals surface area (Å²) in [4.78, 5) is 11.4. The number of hydrogen-bond donors (Lipinski definition) is 0. The second-order valence-electron chi connectivity index (χ2n) is 4.18. The molecule has 0 heterocycles. The van der Waals surface area contributed by atoms with Crippen LogP contribution in [0.2, 0.25) is 19.6 Å². The van der Waals surface area contributed by atoms with Gasteiger partial charge < -0.3 is 0 Å². The lowest BCUT2D eigenvalue weighted by atomic mass is 10.1.